The average molecular weight is 882 g/mol. The summed E-state index contributed by atoms with van der Waals surface area (Å²) >= 11 is 1.47. The topological polar surface area (TPSA) is 195 Å². The van der Waals surface area contributed by atoms with E-state index in [1.165, 1.54) is 16.2 Å². The van der Waals surface area contributed by atoms with E-state index < -0.39 is 56.7 Å². The predicted octanol–water partition coefficient (Wildman–Crippen LogP) is 6.74. The highest BCUT2D eigenvalue weighted by Crippen LogP contribution is 2.46. The second-order valence-corrected chi connectivity index (χ2v) is 20.3. The number of aryl methyl sites for hydroxylation is 2. The van der Waals surface area contributed by atoms with Crippen LogP contribution in [0, 0.1) is 19.8 Å². The monoisotopic (exact) mass is 881 g/mol. The Morgan fingerprint density at radius 1 is 1.02 bits per heavy atom. The SMILES string of the molecule is Cc1nc(N[C@H]2CCCCC/C=C\[C@@H]3C[C@@]3(C(=O)NS(=O)(=O)C3CC3)NC(=O)[C@@H]3C[C@@H](Oc4nc(-c5ccc(OC(C)C)cc5)nc5c4oc4ccccc45)CN3C2=O)sc1C. The molecule has 2 aliphatic heterocycles. The fourth-order valence-corrected chi connectivity index (χ4v) is 10.6. The molecule has 9 rings (SSSR count). The molecule has 5 aromatic rings. The van der Waals surface area contributed by atoms with E-state index in [9.17, 15) is 22.8 Å². The maximum absolute atomic E-state index is 14.9. The van der Waals surface area contributed by atoms with Gasteiger partial charge in [0.25, 0.3) is 11.8 Å². The fraction of sp³-hybridized carbons (Fsp3) is 0.467. The summed E-state index contributed by atoms with van der Waals surface area (Å²) in [5.74, 6) is -0.816. The largest absolute Gasteiger partial charge is 0.491 e. The quantitative estimate of drug-likeness (QED) is 0.125. The number of nitrogens with one attached hydrogen (secondary N) is 3. The van der Waals surface area contributed by atoms with Crippen molar-refractivity contribution in [3.63, 3.8) is 0 Å². The Balaban J connectivity index is 1.07. The molecule has 0 radical (unpaired) electrons. The van der Waals surface area contributed by atoms with E-state index in [4.69, 9.17) is 23.9 Å². The maximum atomic E-state index is 14.9. The molecule has 2 aliphatic carbocycles. The number of sulfonamides is 1. The van der Waals surface area contributed by atoms with Crippen molar-refractivity contribution in [1.82, 2.24) is 29.9 Å². The van der Waals surface area contributed by atoms with Gasteiger partial charge in [-0.25, -0.2) is 18.4 Å². The zero-order valence-electron chi connectivity index (χ0n) is 35.2. The third-order valence-electron chi connectivity index (χ3n) is 12.1. The number of rotatable bonds is 10. The number of benzene rings is 2. The molecule has 2 aromatic carbocycles. The Labute approximate surface area is 364 Å². The van der Waals surface area contributed by atoms with Crippen molar-refractivity contribution in [3.8, 4) is 23.0 Å². The number of hydrogen-bond donors (Lipinski definition) is 3. The van der Waals surface area contributed by atoms with Crippen LogP contribution in [0.3, 0.4) is 0 Å². The number of thiazole rings is 1. The van der Waals surface area contributed by atoms with Gasteiger partial charge in [-0.15, -0.1) is 11.3 Å². The maximum Gasteiger partial charge on any atom is 0.262 e. The summed E-state index contributed by atoms with van der Waals surface area (Å²) in [6.45, 7) is 7.84. The summed E-state index contributed by atoms with van der Waals surface area (Å²) in [5.41, 5.74) is 1.56. The lowest BCUT2D eigenvalue weighted by Gasteiger charge is -2.29. The number of ether oxygens (including phenoxy) is 2. The van der Waals surface area contributed by atoms with Crippen molar-refractivity contribution < 1.29 is 36.7 Å². The molecule has 62 heavy (non-hydrogen) atoms. The van der Waals surface area contributed by atoms with Crippen LogP contribution in [0.2, 0.25) is 0 Å². The first kappa shape index (κ1) is 41.8. The van der Waals surface area contributed by atoms with Crippen molar-refractivity contribution >= 4 is 66.3 Å². The summed E-state index contributed by atoms with van der Waals surface area (Å²) in [4.78, 5) is 60.6. The molecule has 0 bridgehead atoms. The van der Waals surface area contributed by atoms with Crippen molar-refractivity contribution in [2.24, 2.45) is 5.92 Å². The van der Waals surface area contributed by atoms with E-state index in [0.29, 0.717) is 58.2 Å². The zero-order chi connectivity index (χ0) is 43.3. The van der Waals surface area contributed by atoms with Gasteiger partial charge in [0.1, 0.15) is 40.6 Å². The Bertz CT molecular complexity index is 2660. The summed E-state index contributed by atoms with van der Waals surface area (Å²) in [6.07, 6.45) is 8.11. The molecule has 5 heterocycles. The number of amides is 3. The third kappa shape index (κ3) is 8.48. The van der Waals surface area contributed by atoms with Gasteiger partial charge in [0.05, 0.1) is 23.6 Å². The molecular formula is C45H51N7O8S2. The number of anilines is 1. The van der Waals surface area contributed by atoms with Crippen LogP contribution in [0.1, 0.15) is 82.2 Å². The molecule has 3 amide bonds. The first-order valence-corrected chi connectivity index (χ1v) is 23.8. The lowest BCUT2D eigenvalue weighted by atomic mass is 10.1. The molecule has 15 nitrogen and oxygen atoms in total. The van der Waals surface area contributed by atoms with Gasteiger partial charge in [0.2, 0.25) is 27.4 Å². The average Bonchev–Trinajstić information content (AvgIpc) is 4.10. The van der Waals surface area contributed by atoms with Crippen molar-refractivity contribution in [3.05, 3.63) is 71.3 Å². The first-order valence-electron chi connectivity index (χ1n) is 21.5. The van der Waals surface area contributed by atoms with E-state index in [1.54, 1.807) is 0 Å². The molecule has 5 atom stereocenters. The number of carbonyl (C=O) groups is 3. The van der Waals surface area contributed by atoms with E-state index in [2.05, 4.69) is 20.3 Å². The van der Waals surface area contributed by atoms with Crippen LogP contribution in [-0.2, 0) is 24.4 Å². The van der Waals surface area contributed by atoms with Crippen LogP contribution in [0.25, 0.3) is 33.5 Å². The van der Waals surface area contributed by atoms with Gasteiger partial charge < -0.3 is 29.4 Å². The Morgan fingerprint density at radius 3 is 2.55 bits per heavy atom. The van der Waals surface area contributed by atoms with Crippen molar-refractivity contribution in [1.29, 1.82) is 0 Å². The summed E-state index contributed by atoms with van der Waals surface area (Å²) < 4.78 is 47.2. The molecule has 3 N–H and O–H groups in total. The lowest BCUT2D eigenvalue weighted by molar-refractivity contribution is -0.140. The number of hydrogen-bond acceptors (Lipinski definition) is 13. The molecule has 1 saturated heterocycles. The van der Waals surface area contributed by atoms with Crippen LogP contribution in [0.15, 0.2) is 65.1 Å². The molecule has 3 aromatic heterocycles. The molecule has 17 heteroatoms. The van der Waals surface area contributed by atoms with Crippen LogP contribution in [-0.4, -0.2) is 87.6 Å². The normalized spacial score (nSPS) is 25.1. The molecule has 4 aliphatic rings. The number of aromatic nitrogens is 3. The van der Waals surface area contributed by atoms with Gasteiger partial charge in [-0.3, -0.25) is 19.1 Å². The highest BCUT2D eigenvalue weighted by Gasteiger charge is 2.62. The van der Waals surface area contributed by atoms with Gasteiger partial charge in [0, 0.05) is 28.2 Å². The van der Waals surface area contributed by atoms with Crippen LogP contribution in [0.4, 0.5) is 5.13 Å². The number of carbonyl (C=O) groups excluding carboxylic acids is 3. The second kappa shape index (κ2) is 16.6. The van der Waals surface area contributed by atoms with Crippen LogP contribution >= 0.6 is 11.3 Å². The van der Waals surface area contributed by atoms with Gasteiger partial charge in [-0.05, 0) is 103 Å². The summed E-state index contributed by atoms with van der Waals surface area (Å²) in [6, 6.07) is 13.2. The molecular weight excluding hydrogens is 831 g/mol. The second-order valence-electron chi connectivity index (χ2n) is 17.2. The van der Waals surface area contributed by atoms with E-state index in [0.717, 1.165) is 41.6 Å². The first-order chi connectivity index (χ1) is 29.8. The summed E-state index contributed by atoms with van der Waals surface area (Å²) in [5, 5.41) is 7.12. The highest BCUT2D eigenvalue weighted by molar-refractivity contribution is 7.91. The fourth-order valence-electron chi connectivity index (χ4n) is 8.42. The Morgan fingerprint density at radius 2 is 1.81 bits per heavy atom. The number of nitrogens with zero attached hydrogens (tertiary/aromatic N) is 4. The van der Waals surface area contributed by atoms with Gasteiger partial charge in [-0.1, -0.05) is 37.1 Å². The van der Waals surface area contributed by atoms with Crippen molar-refractivity contribution in [2.75, 3.05) is 11.9 Å². The molecule has 326 valence electrons. The number of para-hydroxylation sites is 1. The summed E-state index contributed by atoms with van der Waals surface area (Å²) in [7, 11) is -3.90. The minimum Gasteiger partial charge on any atom is -0.491 e. The van der Waals surface area contributed by atoms with Crippen LogP contribution in [0.5, 0.6) is 11.6 Å². The van der Waals surface area contributed by atoms with Crippen molar-refractivity contribution in [2.45, 2.75) is 121 Å². The lowest BCUT2D eigenvalue weighted by Crippen LogP contribution is -2.57. The minimum absolute atomic E-state index is 0.000796. The zero-order valence-corrected chi connectivity index (χ0v) is 36.8. The number of furan rings is 1. The Hall–Kier alpha value is -5.55. The molecule has 0 spiro atoms. The van der Waals surface area contributed by atoms with Crippen LogP contribution < -0.4 is 24.8 Å². The predicted molar refractivity (Wildman–Crippen MR) is 235 cm³/mol. The smallest absolute Gasteiger partial charge is 0.262 e. The molecule has 3 fully saturated rings. The number of allylic oxidation sites excluding steroid dienone is 1. The molecule has 0 unspecified atom stereocenters. The minimum atomic E-state index is -3.90. The van der Waals surface area contributed by atoms with Gasteiger partial charge >= 0.3 is 0 Å². The van der Waals surface area contributed by atoms with Gasteiger partial charge in [0.15, 0.2) is 11.0 Å². The number of fused-ring (bicyclic) bond motifs is 5. The van der Waals surface area contributed by atoms with E-state index >= 15 is 0 Å². The Kier molecular flexibility index (Phi) is 11.2. The highest BCUT2D eigenvalue weighted by atomic mass is 32.2. The van der Waals surface area contributed by atoms with E-state index in [-0.39, 0.29) is 37.3 Å². The van der Waals surface area contributed by atoms with E-state index in [1.807, 2.05) is 88.4 Å². The standard InChI is InChI=1S/C45H51N7O8S2/c1-25(2)58-30-18-16-28(17-19-30)39-48-37-33-13-10-11-15-36(33)60-38(37)41(49-39)59-31-22-35-40(53)50-45(43(55)51-62(56,57)32-20-21-32)23-29(45)12-8-6-5-7-9-14-34(42(54)52(35)24-31)47-44-46-26(3)27(4)61-44/h8,10-13,15-19,25,29,31-32,34-35H,5-7,9,14,20-24H2,1-4H3,(H,46,47)(H,50,53)(H,51,55)/b12-8-/t29-,31-,34+,35+,45-/m1/s1. The third-order valence-corrected chi connectivity index (χ3v) is 14.9. The van der Waals surface area contributed by atoms with Gasteiger partial charge in [-0.2, -0.15) is 4.98 Å². The molecule has 2 saturated carbocycles.